The molecule has 0 fully saturated rings. The van der Waals surface area contributed by atoms with Crippen molar-refractivity contribution in [2.24, 2.45) is 0 Å². The van der Waals surface area contributed by atoms with Gasteiger partial charge in [0.05, 0.1) is 17.6 Å². The molecule has 0 spiro atoms. The van der Waals surface area contributed by atoms with E-state index in [0.29, 0.717) is 23.6 Å². The summed E-state index contributed by atoms with van der Waals surface area (Å²) in [6.45, 7) is 4.06. The molecule has 1 N–H and O–H groups in total. The lowest BCUT2D eigenvalue weighted by atomic mass is 10.2. The molecular formula is C18H18FN3O2. The third kappa shape index (κ3) is 3.22. The molecule has 0 aliphatic carbocycles. The first-order valence-electron chi connectivity index (χ1n) is 7.73. The lowest BCUT2D eigenvalue weighted by molar-refractivity contribution is -0.140. The van der Waals surface area contributed by atoms with Crippen LogP contribution in [0, 0.1) is 12.7 Å². The second-order valence-corrected chi connectivity index (χ2v) is 5.40. The Bertz CT molecular complexity index is 872. The summed E-state index contributed by atoms with van der Waals surface area (Å²) in [7, 11) is 0. The van der Waals surface area contributed by atoms with E-state index in [4.69, 9.17) is 4.74 Å². The van der Waals surface area contributed by atoms with Crippen LogP contribution < -0.4 is 5.32 Å². The molecule has 3 aromatic rings. The molecule has 24 heavy (non-hydrogen) atoms. The summed E-state index contributed by atoms with van der Waals surface area (Å²) in [6, 6.07) is 12.2. The Balaban J connectivity index is 2.05. The Kier molecular flexibility index (Phi) is 4.46. The van der Waals surface area contributed by atoms with Crippen molar-refractivity contribution in [1.29, 1.82) is 0 Å². The SMILES string of the molecule is CCOC(=O)CNc1nc2ccc(F)cc2n1-c1ccc(C)cc1. The Labute approximate surface area is 139 Å². The fourth-order valence-electron chi connectivity index (χ4n) is 2.49. The number of anilines is 1. The zero-order valence-corrected chi connectivity index (χ0v) is 13.5. The van der Waals surface area contributed by atoms with Crippen molar-refractivity contribution in [1.82, 2.24) is 9.55 Å². The van der Waals surface area contributed by atoms with Gasteiger partial charge in [0.1, 0.15) is 12.4 Å². The average molecular weight is 327 g/mol. The minimum atomic E-state index is -0.369. The van der Waals surface area contributed by atoms with E-state index in [9.17, 15) is 9.18 Å². The minimum absolute atomic E-state index is 0.00843. The monoisotopic (exact) mass is 327 g/mol. The van der Waals surface area contributed by atoms with Crippen LogP contribution in [-0.2, 0) is 9.53 Å². The molecule has 0 amide bonds. The van der Waals surface area contributed by atoms with Gasteiger partial charge in [-0.05, 0) is 38.1 Å². The van der Waals surface area contributed by atoms with Crippen molar-refractivity contribution >= 4 is 23.0 Å². The molecule has 0 atom stereocenters. The van der Waals surface area contributed by atoms with Crippen LogP contribution in [0.1, 0.15) is 12.5 Å². The van der Waals surface area contributed by atoms with Crippen LogP contribution in [0.25, 0.3) is 16.7 Å². The number of aryl methyl sites for hydroxylation is 1. The van der Waals surface area contributed by atoms with Crippen LogP contribution in [-0.4, -0.2) is 28.7 Å². The fourth-order valence-corrected chi connectivity index (χ4v) is 2.49. The van der Waals surface area contributed by atoms with Crippen molar-refractivity contribution < 1.29 is 13.9 Å². The zero-order chi connectivity index (χ0) is 17.1. The highest BCUT2D eigenvalue weighted by Gasteiger charge is 2.14. The minimum Gasteiger partial charge on any atom is -0.465 e. The van der Waals surface area contributed by atoms with Crippen LogP contribution in [0.3, 0.4) is 0 Å². The summed E-state index contributed by atoms with van der Waals surface area (Å²) in [6.07, 6.45) is 0. The Morgan fingerprint density at radius 2 is 2.00 bits per heavy atom. The summed E-state index contributed by atoms with van der Waals surface area (Å²) in [5.74, 6) is -0.244. The molecule has 0 unspecified atom stereocenters. The van der Waals surface area contributed by atoms with Gasteiger partial charge in [0.15, 0.2) is 0 Å². The van der Waals surface area contributed by atoms with Gasteiger partial charge in [-0.25, -0.2) is 9.37 Å². The van der Waals surface area contributed by atoms with Crippen molar-refractivity contribution in [3.05, 3.63) is 53.8 Å². The standard InChI is InChI=1S/C18H18FN3O2/c1-3-24-17(23)11-20-18-21-15-9-6-13(19)10-16(15)22(18)14-7-4-12(2)5-8-14/h4-10H,3,11H2,1-2H3,(H,20,21). The summed E-state index contributed by atoms with van der Waals surface area (Å²) >= 11 is 0. The maximum absolute atomic E-state index is 13.7. The average Bonchev–Trinajstić information content (AvgIpc) is 2.91. The lowest BCUT2D eigenvalue weighted by Crippen LogP contribution is -2.18. The number of nitrogens with zero attached hydrogens (tertiary/aromatic N) is 2. The zero-order valence-electron chi connectivity index (χ0n) is 13.5. The first-order chi connectivity index (χ1) is 11.6. The van der Waals surface area contributed by atoms with Crippen LogP contribution >= 0.6 is 0 Å². The molecule has 1 heterocycles. The van der Waals surface area contributed by atoms with Crippen LogP contribution in [0.15, 0.2) is 42.5 Å². The molecule has 6 heteroatoms. The number of aromatic nitrogens is 2. The van der Waals surface area contributed by atoms with Gasteiger partial charge in [-0.1, -0.05) is 17.7 Å². The van der Waals surface area contributed by atoms with E-state index >= 15 is 0 Å². The molecule has 124 valence electrons. The summed E-state index contributed by atoms with van der Waals surface area (Å²) < 4.78 is 20.4. The highest BCUT2D eigenvalue weighted by Crippen LogP contribution is 2.25. The van der Waals surface area contributed by atoms with E-state index in [1.807, 2.05) is 31.2 Å². The van der Waals surface area contributed by atoms with E-state index in [0.717, 1.165) is 11.3 Å². The lowest BCUT2D eigenvalue weighted by Gasteiger charge is -2.11. The fraction of sp³-hybridized carbons (Fsp3) is 0.222. The highest BCUT2D eigenvalue weighted by molar-refractivity contribution is 5.82. The van der Waals surface area contributed by atoms with Gasteiger partial charge in [0.25, 0.3) is 0 Å². The first-order valence-corrected chi connectivity index (χ1v) is 7.73. The second kappa shape index (κ2) is 6.70. The number of esters is 1. The molecule has 0 aliphatic heterocycles. The van der Waals surface area contributed by atoms with Gasteiger partial charge in [-0.15, -0.1) is 0 Å². The van der Waals surface area contributed by atoms with E-state index in [1.54, 1.807) is 17.6 Å². The van der Waals surface area contributed by atoms with Crippen molar-refractivity contribution in [2.45, 2.75) is 13.8 Å². The molecule has 2 aromatic carbocycles. The van der Waals surface area contributed by atoms with Gasteiger partial charge in [0.2, 0.25) is 5.95 Å². The number of fused-ring (bicyclic) bond motifs is 1. The second-order valence-electron chi connectivity index (χ2n) is 5.40. The highest BCUT2D eigenvalue weighted by atomic mass is 19.1. The molecule has 0 radical (unpaired) electrons. The Morgan fingerprint density at radius 1 is 1.25 bits per heavy atom. The van der Waals surface area contributed by atoms with E-state index < -0.39 is 0 Å². The summed E-state index contributed by atoms with van der Waals surface area (Å²) in [5.41, 5.74) is 3.23. The number of ether oxygens (including phenoxy) is 1. The van der Waals surface area contributed by atoms with Crippen molar-refractivity contribution in [2.75, 3.05) is 18.5 Å². The molecule has 3 rings (SSSR count). The van der Waals surface area contributed by atoms with Gasteiger partial charge in [0, 0.05) is 11.8 Å². The largest absolute Gasteiger partial charge is 0.465 e. The molecule has 0 aliphatic rings. The number of carbonyl (C=O) groups is 1. The van der Waals surface area contributed by atoms with E-state index in [1.165, 1.54) is 12.1 Å². The van der Waals surface area contributed by atoms with Crippen LogP contribution in [0.5, 0.6) is 0 Å². The summed E-state index contributed by atoms with van der Waals surface area (Å²) in [5, 5.41) is 2.97. The Hall–Kier alpha value is -2.89. The molecule has 0 saturated carbocycles. The number of benzene rings is 2. The topological polar surface area (TPSA) is 56.1 Å². The number of rotatable bonds is 5. The molecule has 5 nitrogen and oxygen atoms in total. The molecule has 0 bridgehead atoms. The van der Waals surface area contributed by atoms with Gasteiger partial charge in [-0.2, -0.15) is 0 Å². The smallest absolute Gasteiger partial charge is 0.325 e. The number of carbonyl (C=O) groups excluding carboxylic acids is 1. The van der Waals surface area contributed by atoms with Gasteiger partial charge < -0.3 is 10.1 Å². The van der Waals surface area contributed by atoms with Gasteiger partial charge in [-0.3, -0.25) is 9.36 Å². The first kappa shape index (κ1) is 16.0. The molecule has 1 aromatic heterocycles. The van der Waals surface area contributed by atoms with Crippen molar-refractivity contribution in [3.63, 3.8) is 0 Å². The van der Waals surface area contributed by atoms with Crippen molar-refractivity contribution in [3.8, 4) is 5.69 Å². The number of nitrogens with one attached hydrogen (secondary N) is 1. The van der Waals surface area contributed by atoms with Crippen LogP contribution in [0.4, 0.5) is 10.3 Å². The van der Waals surface area contributed by atoms with Gasteiger partial charge >= 0.3 is 5.97 Å². The van der Waals surface area contributed by atoms with Crippen LogP contribution in [0.2, 0.25) is 0 Å². The predicted molar refractivity (Wildman–Crippen MR) is 90.9 cm³/mol. The summed E-state index contributed by atoms with van der Waals surface area (Å²) in [4.78, 5) is 16.1. The molecule has 0 saturated heterocycles. The Morgan fingerprint density at radius 3 is 2.71 bits per heavy atom. The number of hydrogen-bond donors (Lipinski definition) is 1. The number of hydrogen-bond acceptors (Lipinski definition) is 4. The quantitative estimate of drug-likeness (QED) is 0.729. The maximum atomic E-state index is 13.7. The molecular weight excluding hydrogens is 309 g/mol. The third-order valence-corrected chi connectivity index (χ3v) is 3.60. The maximum Gasteiger partial charge on any atom is 0.325 e. The number of halogens is 1. The number of imidazole rings is 1. The normalized spacial score (nSPS) is 10.8. The third-order valence-electron chi connectivity index (χ3n) is 3.60. The van der Waals surface area contributed by atoms with E-state index in [-0.39, 0.29) is 18.3 Å². The predicted octanol–water partition coefficient (Wildman–Crippen LogP) is 3.45. The van der Waals surface area contributed by atoms with E-state index in [2.05, 4.69) is 10.3 Å².